The van der Waals surface area contributed by atoms with Crippen LogP contribution in [-0.4, -0.2) is 42.9 Å². The number of piperidine rings is 1. The minimum atomic E-state index is -0.229. The van der Waals surface area contributed by atoms with Crippen LogP contribution in [0.3, 0.4) is 0 Å². The summed E-state index contributed by atoms with van der Waals surface area (Å²) in [5.41, 5.74) is 1.04. The molecule has 2 rings (SSSR count). The van der Waals surface area contributed by atoms with Gasteiger partial charge in [-0.15, -0.1) is 11.8 Å². The number of methoxy groups -OCH3 is 1. The molecule has 1 aliphatic heterocycles. The molecule has 1 saturated heterocycles. The summed E-state index contributed by atoms with van der Waals surface area (Å²) in [7, 11) is 1.71. The number of ether oxygens (including phenoxy) is 1. The zero-order chi connectivity index (χ0) is 15.2. The van der Waals surface area contributed by atoms with E-state index in [0.717, 1.165) is 24.3 Å². The van der Waals surface area contributed by atoms with Crippen molar-refractivity contribution in [3.05, 3.63) is 35.6 Å². The van der Waals surface area contributed by atoms with Crippen LogP contribution in [0.25, 0.3) is 0 Å². The highest BCUT2D eigenvalue weighted by Gasteiger charge is 2.28. The fraction of sp³-hybridized carbons (Fsp3) is 0.562. The number of carbonyl (C=O) groups excluding carboxylic acids is 1. The molecule has 1 heterocycles. The molecule has 1 aromatic rings. The summed E-state index contributed by atoms with van der Waals surface area (Å²) >= 11 is 1.57. The first-order chi connectivity index (χ1) is 10.1. The molecule has 1 amide bonds. The van der Waals surface area contributed by atoms with E-state index in [1.54, 1.807) is 31.0 Å². The maximum absolute atomic E-state index is 12.8. The Balaban J connectivity index is 1.75. The highest BCUT2D eigenvalue weighted by Crippen LogP contribution is 2.21. The number of rotatable bonds is 5. The quantitative estimate of drug-likeness (QED) is 0.837. The first-order valence-corrected chi connectivity index (χ1v) is 8.38. The van der Waals surface area contributed by atoms with Gasteiger partial charge in [-0.05, 0) is 30.0 Å². The van der Waals surface area contributed by atoms with E-state index >= 15 is 0 Å². The molecule has 2 unspecified atom stereocenters. The molecule has 0 N–H and O–H groups in total. The molecular formula is C16H22FNO2S. The second-order valence-corrected chi connectivity index (χ2v) is 6.48. The lowest BCUT2D eigenvalue weighted by Gasteiger charge is -2.36. The first-order valence-electron chi connectivity index (χ1n) is 7.23. The second kappa shape index (κ2) is 7.80. The van der Waals surface area contributed by atoms with Gasteiger partial charge in [0, 0.05) is 26.0 Å². The Morgan fingerprint density at radius 2 is 2.14 bits per heavy atom. The van der Waals surface area contributed by atoms with E-state index in [0.29, 0.717) is 18.2 Å². The minimum Gasteiger partial charge on any atom is -0.379 e. The van der Waals surface area contributed by atoms with Gasteiger partial charge in [0.1, 0.15) is 5.82 Å². The monoisotopic (exact) mass is 311 g/mol. The molecule has 1 fully saturated rings. The van der Waals surface area contributed by atoms with Gasteiger partial charge in [0.15, 0.2) is 0 Å². The lowest BCUT2D eigenvalue weighted by Crippen LogP contribution is -2.47. The Morgan fingerprint density at radius 1 is 1.43 bits per heavy atom. The molecule has 0 bridgehead atoms. The van der Waals surface area contributed by atoms with E-state index in [1.165, 1.54) is 12.1 Å². The Bertz CT molecular complexity index is 466. The van der Waals surface area contributed by atoms with E-state index in [4.69, 9.17) is 4.74 Å². The predicted octanol–water partition coefficient (Wildman–Crippen LogP) is 2.94. The molecule has 0 spiro atoms. The van der Waals surface area contributed by atoms with Crippen LogP contribution in [-0.2, 0) is 15.3 Å². The van der Waals surface area contributed by atoms with Crippen LogP contribution >= 0.6 is 11.8 Å². The van der Waals surface area contributed by atoms with E-state index in [9.17, 15) is 9.18 Å². The van der Waals surface area contributed by atoms with Gasteiger partial charge in [-0.1, -0.05) is 19.1 Å². The largest absolute Gasteiger partial charge is 0.379 e. The first kappa shape index (κ1) is 16.3. The standard InChI is InChI=1S/C16H22FNO2S/c1-12-7-8-18(9-15(12)20-2)16(19)11-21-10-13-3-5-14(17)6-4-13/h3-6,12,15H,7-11H2,1-2H3. The molecule has 0 aliphatic carbocycles. The van der Waals surface area contributed by atoms with E-state index < -0.39 is 0 Å². The molecule has 0 saturated carbocycles. The molecule has 1 aromatic carbocycles. The molecule has 116 valence electrons. The van der Waals surface area contributed by atoms with Gasteiger partial charge < -0.3 is 9.64 Å². The second-order valence-electron chi connectivity index (χ2n) is 5.50. The third-order valence-corrected chi connectivity index (χ3v) is 4.94. The summed E-state index contributed by atoms with van der Waals surface area (Å²) in [6, 6.07) is 6.42. The van der Waals surface area contributed by atoms with Gasteiger partial charge in [0.25, 0.3) is 0 Å². The Morgan fingerprint density at radius 3 is 2.81 bits per heavy atom. The molecule has 0 radical (unpaired) electrons. The van der Waals surface area contributed by atoms with Crippen molar-refractivity contribution < 1.29 is 13.9 Å². The predicted molar refractivity (Wildman–Crippen MR) is 83.7 cm³/mol. The molecule has 0 aromatic heterocycles. The fourth-order valence-electron chi connectivity index (χ4n) is 2.50. The number of amides is 1. The van der Waals surface area contributed by atoms with Crippen LogP contribution in [0.15, 0.2) is 24.3 Å². The van der Waals surface area contributed by atoms with Crippen molar-refractivity contribution in [3.8, 4) is 0 Å². The number of hydrogen-bond acceptors (Lipinski definition) is 3. The van der Waals surface area contributed by atoms with Crippen LogP contribution in [0.2, 0.25) is 0 Å². The maximum Gasteiger partial charge on any atom is 0.232 e. The average Bonchev–Trinajstić information content (AvgIpc) is 2.49. The van der Waals surface area contributed by atoms with E-state index in [-0.39, 0.29) is 17.8 Å². The topological polar surface area (TPSA) is 29.5 Å². The van der Waals surface area contributed by atoms with Crippen LogP contribution < -0.4 is 0 Å². The molecule has 3 nitrogen and oxygen atoms in total. The smallest absolute Gasteiger partial charge is 0.232 e. The number of likely N-dealkylation sites (tertiary alicyclic amines) is 1. The number of halogens is 1. The van der Waals surface area contributed by atoms with Crippen molar-refractivity contribution in [2.24, 2.45) is 5.92 Å². The van der Waals surface area contributed by atoms with Crippen LogP contribution in [0.4, 0.5) is 4.39 Å². The van der Waals surface area contributed by atoms with Crippen molar-refractivity contribution in [3.63, 3.8) is 0 Å². The molecule has 5 heteroatoms. The summed E-state index contributed by atoms with van der Waals surface area (Å²) in [4.78, 5) is 14.1. The summed E-state index contributed by atoms with van der Waals surface area (Å²) in [6.07, 6.45) is 1.14. The Hall–Kier alpha value is -1.07. The van der Waals surface area contributed by atoms with Crippen LogP contribution in [0, 0.1) is 11.7 Å². The van der Waals surface area contributed by atoms with Crippen LogP contribution in [0.1, 0.15) is 18.9 Å². The van der Waals surface area contributed by atoms with Crippen molar-refractivity contribution in [1.29, 1.82) is 0 Å². The Kier molecular flexibility index (Phi) is 6.06. The lowest BCUT2D eigenvalue weighted by molar-refractivity contribution is -0.133. The summed E-state index contributed by atoms with van der Waals surface area (Å²) in [5, 5.41) is 0. The summed E-state index contributed by atoms with van der Waals surface area (Å²) in [5.74, 6) is 1.63. The molecule has 21 heavy (non-hydrogen) atoms. The zero-order valence-corrected chi connectivity index (χ0v) is 13.4. The van der Waals surface area contributed by atoms with E-state index in [2.05, 4.69) is 6.92 Å². The third kappa shape index (κ3) is 4.71. The summed E-state index contributed by atoms with van der Waals surface area (Å²) in [6.45, 7) is 3.67. The highest BCUT2D eigenvalue weighted by atomic mass is 32.2. The number of hydrogen-bond donors (Lipinski definition) is 0. The highest BCUT2D eigenvalue weighted by molar-refractivity contribution is 7.99. The van der Waals surface area contributed by atoms with Gasteiger partial charge in [0.2, 0.25) is 5.91 Å². The molecular weight excluding hydrogens is 289 g/mol. The molecule has 1 aliphatic rings. The van der Waals surface area contributed by atoms with Gasteiger partial charge >= 0.3 is 0 Å². The average molecular weight is 311 g/mol. The molecule has 2 atom stereocenters. The third-order valence-electron chi connectivity index (χ3n) is 3.95. The van der Waals surface area contributed by atoms with Crippen molar-refractivity contribution >= 4 is 17.7 Å². The van der Waals surface area contributed by atoms with Gasteiger partial charge in [-0.2, -0.15) is 0 Å². The SMILES string of the molecule is COC1CN(C(=O)CSCc2ccc(F)cc2)CCC1C. The van der Waals surface area contributed by atoms with E-state index in [1.807, 2.05) is 4.90 Å². The Labute approximate surface area is 129 Å². The van der Waals surface area contributed by atoms with Gasteiger partial charge in [0.05, 0.1) is 11.9 Å². The van der Waals surface area contributed by atoms with Crippen molar-refractivity contribution in [2.45, 2.75) is 25.2 Å². The minimum absolute atomic E-state index is 0.143. The normalized spacial score (nSPS) is 22.3. The number of benzene rings is 1. The van der Waals surface area contributed by atoms with Gasteiger partial charge in [-0.25, -0.2) is 4.39 Å². The van der Waals surface area contributed by atoms with Crippen molar-refractivity contribution in [2.75, 3.05) is 26.0 Å². The number of carbonyl (C=O) groups is 1. The lowest BCUT2D eigenvalue weighted by atomic mass is 9.96. The van der Waals surface area contributed by atoms with Gasteiger partial charge in [-0.3, -0.25) is 4.79 Å². The van der Waals surface area contributed by atoms with Crippen LogP contribution in [0.5, 0.6) is 0 Å². The van der Waals surface area contributed by atoms with Crippen molar-refractivity contribution in [1.82, 2.24) is 4.90 Å². The number of thioether (sulfide) groups is 1. The fourth-order valence-corrected chi connectivity index (χ4v) is 3.38. The number of nitrogens with zero attached hydrogens (tertiary/aromatic N) is 1. The zero-order valence-electron chi connectivity index (χ0n) is 12.5. The summed E-state index contributed by atoms with van der Waals surface area (Å²) < 4.78 is 18.2. The maximum atomic E-state index is 12.8.